The molecule has 0 radical (unpaired) electrons. The fraction of sp³-hybridized carbons (Fsp3) is 0.407. The number of hydrogen-bond donors (Lipinski definition) is 0. The van der Waals surface area contributed by atoms with E-state index < -0.39 is 0 Å². The molecule has 2 aliphatic rings. The van der Waals surface area contributed by atoms with Crippen molar-refractivity contribution in [3.63, 3.8) is 0 Å². The van der Waals surface area contributed by atoms with E-state index in [0.29, 0.717) is 5.39 Å². The predicted octanol–water partition coefficient (Wildman–Crippen LogP) is 3.00. The molecule has 9 heteroatoms. The molecular weight excluding hydrogens is 456 g/mol. The SMILES string of the molecule is CC(C(=O)N1CCN(Cc2ccccc2)CC1)N1CCN(c2ccc([N+](=O)[O-])c3cnccc23)CC1. The molecule has 0 saturated carbocycles. The second-order valence-corrected chi connectivity index (χ2v) is 9.57. The summed E-state index contributed by atoms with van der Waals surface area (Å²) in [6.07, 6.45) is 3.24. The van der Waals surface area contributed by atoms with Gasteiger partial charge < -0.3 is 9.80 Å². The zero-order valence-corrected chi connectivity index (χ0v) is 20.6. The Labute approximate surface area is 211 Å². The molecule has 5 rings (SSSR count). The van der Waals surface area contributed by atoms with Crippen molar-refractivity contribution in [2.24, 2.45) is 0 Å². The Balaban J connectivity index is 1.17. The number of nitrogens with zero attached hydrogens (tertiary/aromatic N) is 6. The lowest BCUT2D eigenvalue weighted by atomic mass is 10.1. The molecule has 1 atom stereocenters. The van der Waals surface area contributed by atoms with Gasteiger partial charge in [0.25, 0.3) is 5.69 Å². The standard InChI is InChI=1S/C27H32N6O3/c1-21(27(34)32-13-11-29(12-14-32)20-22-5-3-2-4-6-22)30-15-17-31(18-16-30)25-7-8-26(33(35)36)24-19-28-10-9-23(24)25/h2-10,19,21H,11-18,20H2,1H3. The van der Waals surface area contributed by atoms with Crippen molar-refractivity contribution in [1.82, 2.24) is 19.7 Å². The van der Waals surface area contributed by atoms with Crippen LogP contribution in [0.5, 0.6) is 0 Å². The maximum absolute atomic E-state index is 13.3. The number of piperazine rings is 2. The molecule has 3 heterocycles. The van der Waals surface area contributed by atoms with Gasteiger partial charge in [-0.15, -0.1) is 0 Å². The summed E-state index contributed by atoms with van der Waals surface area (Å²) in [4.78, 5) is 37.4. The van der Waals surface area contributed by atoms with Crippen LogP contribution in [-0.2, 0) is 11.3 Å². The van der Waals surface area contributed by atoms with E-state index in [0.717, 1.165) is 70.0 Å². The number of amides is 1. The van der Waals surface area contributed by atoms with Crippen LogP contribution in [0.4, 0.5) is 11.4 Å². The summed E-state index contributed by atoms with van der Waals surface area (Å²) in [5, 5.41) is 12.8. The first-order chi connectivity index (χ1) is 17.5. The third-order valence-corrected chi connectivity index (χ3v) is 7.46. The van der Waals surface area contributed by atoms with E-state index in [-0.39, 0.29) is 22.6 Å². The lowest BCUT2D eigenvalue weighted by molar-refractivity contribution is -0.383. The number of rotatable bonds is 6. The summed E-state index contributed by atoms with van der Waals surface area (Å²) >= 11 is 0. The minimum absolute atomic E-state index is 0.0728. The van der Waals surface area contributed by atoms with E-state index in [1.165, 1.54) is 5.56 Å². The number of pyridine rings is 1. The number of carbonyl (C=O) groups is 1. The molecule has 1 unspecified atom stereocenters. The number of nitro benzene ring substituents is 1. The number of nitro groups is 1. The van der Waals surface area contributed by atoms with Gasteiger partial charge in [0.05, 0.1) is 16.4 Å². The van der Waals surface area contributed by atoms with Crippen LogP contribution in [-0.4, -0.2) is 88.9 Å². The third-order valence-electron chi connectivity index (χ3n) is 7.46. The highest BCUT2D eigenvalue weighted by atomic mass is 16.6. The first kappa shape index (κ1) is 24.1. The third kappa shape index (κ3) is 5.03. The summed E-state index contributed by atoms with van der Waals surface area (Å²) < 4.78 is 0. The van der Waals surface area contributed by atoms with E-state index >= 15 is 0 Å². The first-order valence-electron chi connectivity index (χ1n) is 12.6. The molecule has 1 amide bonds. The Morgan fingerprint density at radius 3 is 2.36 bits per heavy atom. The zero-order valence-electron chi connectivity index (χ0n) is 20.6. The number of carbonyl (C=O) groups excluding carboxylic acids is 1. The van der Waals surface area contributed by atoms with E-state index in [1.807, 2.05) is 30.0 Å². The van der Waals surface area contributed by atoms with Crippen molar-refractivity contribution < 1.29 is 9.72 Å². The maximum atomic E-state index is 13.3. The molecule has 1 aromatic heterocycles. The Bertz CT molecular complexity index is 1220. The van der Waals surface area contributed by atoms with Gasteiger partial charge in [0.15, 0.2) is 0 Å². The quantitative estimate of drug-likeness (QED) is 0.389. The van der Waals surface area contributed by atoms with Crippen LogP contribution in [0.15, 0.2) is 60.9 Å². The minimum atomic E-state index is -0.361. The van der Waals surface area contributed by atoms with Gasteiger partial charge in [-0.05, 0) is 24.6 Å². The lowest BCUT2D eigenvalue weighted by Crippen LogP contribution is -2.57. The summed E-state index contributed by atoms with van der Waals surface area (Å²) in [6, 6.07) is 15.5. The van der Waals surface area contributed by atoms with Crippen LogP contribution >= 0.6 is 0 Å². The van der Waals surface area contributed by atoms with E-state index in [1.54, 1.807) is 18.5 Å². The van der Waals surface area contributed by atoms with Crippen LogP contribution in [0, 0.1) is 10.1 Å². The van der Waals surface area contributed by atoms with Crippen molar-refractivity contribution in [3.05, 3.63) is 76.6 Å². The summed E-state index contributed by atoms with van der Waals surface area (Å²) in [5.41, 5.74) is 2.36. The zero-order chi connectivity index (χ0) is 25.1. The van der Waals surface area contributed by atoms with Gasteiger partial charge in [0.2, 0.25) is 5.91 Å². The van der Waals surface area contributed by atoms with Gasteiger partial charge in [-0.3, -0.25) is 29.7 Å². The monoisotopic (exact) mass is 488 g/mol. The molecule has 2 aromatic carbocycles. The number of non-ortho nitro benzene ring substituents is 1. The van der Waals surface area contributed by atoms with Crippen molar-refractivity contribution in [2.75, 3.05) is 57.3 Å². The number of hydrogen-bond acceptors (Lipinski definition) is 7. The number of fused-ring (bicyclic) bond motifs is 1. The second kappa shape index (κ2) is 10.6. The molecule has 3 aromatic rings. The van der Waals surface area contributed by atoms with Gasteiger partial charge in [-0.1, -0.05) is 30.3 Å². The average Bonchev–Trinajstić information content (AvgIpc) is 2.92. The van der Waals surface area contributed by atoms with Gasteiger partial charge in [0, 0.05) is 88.4 Å². The van der Waals surface area contributed by atoms with E-state index in [4.69, 9.17) is 0 Å². The predicted molar refractivity (Wildman–Crippen MR) is 140 cm³/mol. The largest absolute Gasteiger partial charge is 0.368 e. The Kier molecular flexibility index (Phi) is 7.11. The Morgan fingerprint density at radius 1 is 0.944 bits per heavy atom. The van der Waals surface area contributed by atoms with Crippen molar-refractivity contribution in [2.45, 2.75) is 19.5 Å². The number of anilines is 1. The molecular formula is C27H32N6O3. The Hall–Kier alpha value is -3.56. The fourth-order valence-electron chi connectivity index (χ4n) is 5.33. The van der Waals surface area contributed by atoms with Crippen LogP contribution in [0.1, 0.15) is 12.5 Å². The fourth-order valence-corrected chi connectivity index (χ4v) is 5.33. The topological polar surface area (TPSA) is 86.1 Å². The highest BCUT2D eigenvalue weighted by molar-refractivity contribution is 5.99. The van der Waals surface area contributed by atoms with E-state index in [9.17, 15) is 14.9 Å². The minimum Gasteiger partial charge on any atom is -0.368 e. The smallest absolute Gasteiger partial charge is 0.278 e. The van der Waals surface area contributed by atoms with Crippen LogP contribution in [0.3, 0.4) is 0 Å². The highest BCUT2D eigenvalue weighted by Gasteiger charge is 2.31. The Morgan fingerprint density at radius 2 is 1.67 bits per heavy atom. The molecule has 188 valence electrons. The normalized spacial score (nSPS) is 18.4. The summed E-state index contributed by atoms with van der Waals surface area (Å²) in [5.74, 6) is 0.203. The average molecular weight is 489 g/mol. The molecule has 36 heavy (non-hydrogen) atoms. The van der Waals surface area contributed by atoms with Gasteiger partial charge in [-0.2, -0.15) is 0 Å². The van der Waals surface area contributed by atoms with Crippen LogP contribution < -0.4 is 4.90 Å². The van der Waals surface area contributed by atoms with Gasteiger partial charge in [0.1, 0.15) is 0 Å². The number of benzene rings is 2. The molecule has 0 spiro atoms. The first-order valence-corrected chi connectivity index (χ1v) is 12.6. The summed E-state index contributed by atoms with van der Waals surface area (Å²) in [6.45, 7) is 9.31. The maximum Gasteiger partial charge on any atom is 0.278 e. The van der Waals surface area contributed by atoms with Crippen molar-refractivity contribution in [3.8, 4) is 0 Å². The molecule has 2 fully saturated rings. The van der Waals surface area contributed by atoms with Crippen LogP contribution in [0.25, 0.3) is 10.8 Å². The van der Waals surface area contributed by atoms with Gasteiger partial charge >= 0.3 is 0 Å². The van der Waals surface area contributed by atoms with Crippen molar-refractivity contribution >= 4 is 28.1 Å². The lowest BCUT2D eigenvalue weighted by Gasteiger charge is -2.41. The molecule has 0 N–H and O–H groups in total. The van der Waals surface area contributed by atoms with E-state index in [2.05, 4.69) is 43.9 Å². The molecule has 2 aliphatic heterocycles. The molecule has 2 saturated heterocycles. The van der Waals surface area contributed by atoms with Gasteiger partial charge in [-0.25, -0.2) is 0 Å². The molecule has 0 bridgehead atoms. The van der Waals surface area contributed by atoms with Crippen molar-refractivity contribution in [1.29, 1.82) is 0 Å². The molecule has 0 aliphatic carbocycles. The second-order valence-electron chi connectivity index (χ2n) is 9.57. The molecule has 9 nitrogen and oxygen atoms in total. The number of aromatic nitrogens is 1. The summed E-state index contributed by atoms with van der Waals surface area (Å²) in [7, 11) is 0. The highest BCUT2D eigenvalue weighted by Crippen LogP contribution is 2.33. The van der Waals surface area contributed by atoms with Crippen LogP contribution in [0.2, 0.25) is 0 Å².